The summed E-state index contributed by atoms with van der Waals surface area (Å²) in [5, 5.41) is 8.45. The summed E-state index contributed by atoms with van der Waals surface area (Å²) in [5.74, 6) is -0.279. The quantitative estimate of drug-likeness (QED) is 0.386. The van der Waals surface area contributed by atoms with Gasteiger partial charge in [0, 0.05) is 28.9 Å². The molecule has 5 heterocycles. The van der Waals surface area contributed by atoms with Crippen LogP contribution in [0.4, 0.5) is 4.39 Å². The minimum Gasteiger partial charge on any atom is -0.353 e. The summed E-state index contributed by atoms with van der Waals surface area (Å²) in [7, 11) is 0. The molecule has 2 N–H and O–H groups in total. The predicted molar refractivity (Wildman–Crippen MR) is 122 cm³/mol. The van der Waals surface area contributed by atoms with Crippen LogP contribution in [0.2, 0.25) is 0 Å². The highest BCUT2D eigenvalue weighted by Gasteiger charge is 2.16. The first-order chi connectivity index (χ1) is 15.7. The molecular weight excluding hydrogens is 403 g/mol. The number of halogens is 1. The molecule has 154 valence electrons. The molecule has 32 heavy (non-hydrogen) atoms. The number of hydrogen-bond donors (Lipinski definition) is 2. The number of H-pyrrole nitrogens is 2. The van der Waals surface area contributed by atoms with E-state index in [1.165, 1.54) is 12.1 Å². The van der Waals surface area contributed by atoms with Crippen LogP contribution in [0.25, 0.3) is 56.0 Å². The molecule has 5 aromatic heterocycles. The van der Waals surface area contributed by atoms with Crippen molar-refractivity contribution in [2.45, 2.75) is 6.92 Å². The van der Waals surface area contributed by atoms with Gasteiger partial charge >= 0.3 is 0 Å². The zero-order valence-electron chi connectivity index (χ0n) is 17.1. The number of aromatic nitrogens is 6. The van der Waals surface area contributed by atoms with Crippen molar-refractivity contribution in [2.24, 2.45) is 0 Å². The number of benzene rings is 1. The topological polar surface area (TPSA) is 83.1 Å². The Balaban J connectivity index is 1.52. The van der Waals surface area contributed by atoms with Gasteiger partial charge in [0.25, 0.3) is 0 Å². The molecule has 0 saturated heterocycles. The van der Waals surface area contributed by atoms with Crippen molar-refractivity contribution in [2.75, 3.05) is 0 Å². The van der Waals surface area contributed by atoms with Crippen molar-refractivity contribution in [3.05, 3.63) is 84.4 Å². The third-order valence-corrected chi connectivity index (χ3v) is 5.45. The van der Waals surface area contributed by atoms with Crippen LogP contribution in [0.1, 0.15) is 5.56 Å². The molecule has 0 fully saturated rings. The highest BCUT2D eigenvalue weighted by molar-refractivity contribution is 5.99. The second kappa shape index (κ2) is 7.09. The molecule has 6 nitrogen and oxygen atoms in total. The Kier molecular flexibility index (Phi) is 4.07. The van der Waals surface area contributed by atoms with E-state index in [0.29, 0.717) is 5.69 Å². The van der Waals surface area contributed by atoms with Crippen LogP contribution < -0.4 is 0 Å². The first-order valence-electron chi connectivity index (χ1n) is 10.2. The molecule has 0 aliphatic carbocycles. The van der Waals surface area contributed by atoms with Crippen LogP contribution in [0.15, 0.2) is 73.1 Å². The van der Waals surface area contributed by atoms with Gasteiger partial charge in [-0.25, -0.2) is 9.37 Å². The maximum atomic E-state index is 14.0. The van der Waals surface area contributed by atoms with Crippen LogP contribution in [0.3, 0.4) is 0 Å². The van der Waals surface area contributed by atoms with Gasteiger partial charge in [-0.3, -0.25) is 15.1 Å². The molecule has 0 aliphatic rings. The Morgan fingerprint density at radius 1 is 0.812 bits per heavy atom. The minimum atomic E-state index is -0.279. The SMILES string of the molecule is Cc1cc(F)cc(-c2nccc3[nH]c(-c4n[nH]c5ccc(-c6ccccn6)nc45)cc23)c1. The summed E-state index contributed by atoms with van der Waals surface area (Å²) in [5.41, 5.74) is 7.85. The Hall–Kier alpha value is -4.39. The van der Waals surface area contributed by atoms with Crippen LogP contribution in [-0.4, -0.2) is 30.1 Å². The number of aryl methyl sites for hydroxylation is 1. The van der Waals surface area contributed by atoms with E-state index >= 15 is 0 Å². The van der Waals surface area contributed by atoms with E-state index in [2.05, 4.69) is 25.1 Å². The van der Waals surface area contributed by atoms with Gasteiger partial charge in [0.1, 0.15) is 17.0 Å². The fourth-order valence-corrected chi connectivity index (χ4v) is 4.03. The Bertz CT molecular complexity index is 1580. The van der Waals surface area contributed by atoms with Crippen molar-refractivity contribution < 1.29 is 4.39 Å². The number of nitrogens with one attached hydrogen (secondary N) is 2. The molecule has 7 heteroatoms. The molecule has 0 radical (unpaired) electrons. The average molecular weight is 420 g/mol. The number of aromatic amines is 2. The third kappa shape index (κ3) is 3.02. The highest BCUT2D eigenvalue weighted by atomic mass is 19.1. The van der Waals surface area contributed by atoms with Crippen molar-refractivity contribution in [3.8, 4) is 34.0 Å². The van der Waals surface area contributed by atoms with Gasteiger partial charge in [-0.1, -0.05) is 6.07 Å². The Morgan fingerprint density at radius 3 is 2.59 bits per heavy atom. The first kappa shape index (κ1) is 18.4. The molecule has 0 saturated carbocycles. The lowest BCUT2D eigenvalue weighted by Gasteiger charge is -2.04. The molecular formula is C25H17FN6. The molecule has 6 aromatic rings. The van der Waals surface area contributed by atoms with Gasteiger partial charge in [-0.15, -0.1) is 0 Å². The third-order valence-electron chi connectivity index (χ3n) is 5.45. The first-order valence-corrected chi connectivity index (χ1v) is 10.2. The lowest BCUT2D eigenvalue weighted by atomic mass is 10.0. The zero-order valence-corrected chi connectivity index (χ0v) is 17.1. The molecule has 0 bridgehead atoms. The largest absolute Gasteiger partial charge is 0.353 e. The maximum absolute atomic E-state index is 14.0. The van der Waals surface area contributed by atoms with E-state index in [-0.39, 0.29) is 5.82 Å². The standard InChI is InChI=1S/C25H17FN6/c1-14-10-15(12-16(26)11-14)23-17-13-22(29-18(17)7-9-28-23)25-24-21(31-32-25)6-5-20(30-24)19-4-2-3-8-27-19/h2-13,29H,1H3,(H,31,32). The molecule has 0 aliphatic heterocycles. The van der Waals surface area contributed by atoms with Gasteiger partial charge in [0.2, 0.25) is 0 Å². The lowest BCUT2D eigenvalue weighted by Crippen LogP contribution is -1.87. The summed E-state index contributed by atoms with van der Waals surface area (Å²) in [4.78, 5) is 17.2. The highest BCUT2D eigenvalue weighted by Crippen LogP contribution is 2.33. The monoisotopic (exact) mass is 420 g/mol. The molecule has 0 atom stereocenters. The second-order valence-electron chi connectivity index (χ2n) is 7.70. The minimum absolute atomic E-state index is 0.279. The van der Waals surface area contributed by atoms with Crippen molar-refractivity contribution in [1.29, 1.82) is 0 Å². The van der Waals surface area contributed by atoms with Crippen LogP contribution >= 0.6 is 0 Å². The molecule has 1 aromatic carbocycles. The fourth-order valence-electron chi connectivity index (χ4n) is 4.03. The maximum Gasteiger partial charge on any atom is 0.135 e. The van der Waals surface area contributed by atoms with E-state index in [1.807, 2.05) is 55.5 Å². The number of nitrogens with zero attached hydrogens (tertiary/aromatic N) is 4. The lowest BCUT2D eigenvalue weighted by molar-refractivity contribution is 0.627. The van der Waals surface area contributed by atoms with E-state index in [0.717, 1.165) is 55.8 Å². The summed E-state index contributed by atoms with van der Waals surface area (Å²) in [6.45, 7) is 1.87. The smallest absolute Gasteiger partial charge is 0.135 e. The summed E-state index contributed by atoms with van der Waals surface area (Å²) >= 11 is 0. The van der Waals surface area contributed by atoms with E-state index in [9.17, 15) is 4.39 Å². The fraction of sp³-hybridized carbons (Fsp3) is 0.0400. The van der Waals surface area contributed by atoms with Crippen LogP contribution in [0, 0.1) is 12.7 Å². The van der Waals surface area contributed by atoms with Gasteiger partial charge in [0.15, 0.2) is 0 Å². The average Bonchev–Trinajstić information content (AvgIpc) is 3.42. The van der Waals surface area contributed by atoms with Gasteiger partial charge in [-0.2, -0.15) is 5.10 Å². The second-order valence-corrected chi connectivity index (χ2v) is 7.70. The van der Waals surface area contributed by atoms with Gasteiger partial charge in [-0.05, 0) is 67.1 Å². The summed E-state index contributed by atoms with van der Waals surface area (Å²) in [6, 6.07) is 18.4. The Morgan fingerprint density at radius 2 is 1.75 bits per heavy atom. The molecule has 0 amide bonds. The molecule has 0 spiro atoms. The number of pyridine rings is 3. The van der Waals surface area contributed by atoms with Crippen LogP contribution in [-0.2, 0) is 0 Å². The van der Waals surface area contributed by atoms with Crippen molar-refractivity contribution in [1.82, 2.24) is 30.1 Å². The van der Waals surface area contributed by atoms with Crippen molar-refractivity contribution >= 4 is 21.9 Å². The molecule has 0 unspecified atom stereocenters. The van der Waals surface area contributed by atoms with Crippen molar-refractivity contribution in [3.63, 3.8) is 0 Å². The molecule has 6 rings (SSSR count). The van der Waals surface area contributed by atoms with Gasteiger partial charge < -0.3 is 4.98 Å². The normalized spacial score (nSPS) is 11.4. The number of hydrogen-bond acceptors (Lipinski definition) is 4. The van der Waals surface area contributed by atoms with Gasteiger partial charge in [0.05, 0.1) is 28.3 Å². The van der Waals surface area contributed by atoms with E-state index in [4.69, 9.17) is 4.98 Å². The van der Waals surface area contributed by atoms with E-state index < -0.39 is 0 Å². The number of fused-ring (bicyclic) bond motifs is 2. The van der Waals surface area contributed by atoms with E-state index in [1.54, 1.807) is 12.4 Å². The Labute approximate surface area is 182 Å². The number of rotatable bonds is 3. The summed E-state index contributed by atoms with van der Waals surface area (Å²) in [6.07, 6.45) is 3.47. The zero-order chi connectivity index (χ0) is 21.7. The predicted octanol–water partition coefficient (Wildman–Crippen LogP) is 5.68. The van der Waals surface area contributed by atoms with Crippen LogP contribution in [0.5, 0.6) is 0 Å². The summed E-state index contributed by atoms with van der Waals surface area (Å²) < 4.78 is 14.0.